The number of hydrogen-bond acceptors (Lipinski definition) is 6. The summed E-state index contributed by atoms with van der Waals surface area (Å²) in [6.45, 7) is 0. The minimum absolute atomic E-state index is 0.305. The molecule has 0 spiro atoms. The van der Waals surface area contributed by atoms with E-state index in [4.69, 9.17) is 14.2 Å². The molecule has 1 amide bonds. The normalized spacial score (nSPS) is 11.5. The van der Waals surface area contributed by atoms with Crippen LogP contribution in [0.5, 0.6) is 11.5 Å². The second kappa shape index (κ2) is 9.19. The fourth-order valence-electron chi connectivity index (χ4n) is 1.85. The van der Waals surface area contributed by atoms with Gasteiger partial charge in [-0.05, 0) is 36.6 Å². The fourth-order valence-corrected chi connectivity index (χ4v) is 2.33. The van der Waals surface area contributed by atoms with Crippen LogP contribution in [0.25, 0.3) is 0 Å². The topological polar surface area (TPSA) is 73.9 Å². The Morgan fingerprint density at radius 1 is 1.23 bits per heavy atom. The number of rotatable bonds is 8. The van der Waals surface area contributed by atoms with Crippen LogP contribution in [0.2, 0.25) is 0 Å². The number of ether oxygens (including phenoxy) is 3. The number of methoxy groups -OCH3 is 3. The van der Waals surface area contributed by atoms with Crippen molar-refractivity contribution in [3.05, 3.63) is 23.8 Å². The van der Waals surface area contributed by atoms with Crippen LogP contribution in [-0.2, 0) is 9.53 Å². The number of nitrogens with one attached hydrogen (secondary N) is 1. The van der Waals surface area contributed by atoms with Crippen LogP contribution in [0.15, 0.2) is 18.2 Å². The highest BCUT2D eigenvalue weighted by Gasteiger charge is 2.23. The molecule has 0 aliphatic carbocycles. The second-order valence-electron chi connectivity index (χ2n) is 4.40. The Balaban J connectivity index is 2.95. The number of amides is 1. The zero-order chi connectivity index (χ0) is 16.5. The van der Waals surface area contributed by atoms with E-state index in [0.717, 1.165) is 5.75 Å². The summed E-state index contributed by atoms with van der Waals surface area (Å²) in [6.07, 6.45) is 2.42. The third kappa shape index (κ3) is 4.84. The maximum absolute atomic E-state index is 12.4. The van der Waals surface area contributed by atoms with Crippen molar-refractivity contribution in [2.45, 2.75) is 12.5 Å². The summed E-state index contributed by atoms with van der Waals surface area (Å²) < 4.78 is 15.0. The van der Waals surface area contributed by atoms with Crippen molar-refractivity contribution in [1.82, 2.24) is 5.32 Å². The lowest BCUT2D eigenvalue weighted by atomic mass is 10.1. The van der Waals surface area contributed by atoms with Gasteiger partial charge in [0.25, 0.3) is 5.91 Å². The van der Waals surface area contributed by atoms with Gasteiger partial charge in [0.1, 0.15) is 17.5 Å². The Kier molecular flexibility index (Phi) is 7.59. The van der Waals surface area contributed by atoms with Crippen LogP contribution in [-0.4, -0.2) is 51.3 Å². The summed E-state index contributed by atoms with van der Waals surface area (Å²) in [5.41, 5.74) is 0.305. The zero-order valence-electron chi connectivity index (χ0n) is 13.2. The van der Waals surface area contributed by atoms with E-state index in [-0.39, 0.29) is 0 Å². The molecule has 0 aromatic heterocycles. The van der Waals surface area contributed by atoms with Gasteiger partial charge in [0, 0.05) is 0 Å². The summed E-state index contributed by atoms with van der Waals surface area (Å²) in [5.74, 6) is 0.794. The van der Waals surface area contributed by atoms with Gasteiger partial charge >= 0.3 is 5.97 Å². The van der Waals surface area contributed by atoms with Crippen LogP contribution in [0.3, 0.4) is 0 Å². The predicted molar refractivity (Wildman–Crippen MR) is 85.8 cm³/mol. The summed E-state index contributed by atoms with van der Waals surface area (Å²) in [7, 11) is 4.29. The molecule has 6 nitrogen and oxygen atoms in total. The second-order valence-corrected chi connectivity index (χ2v) is 5.38. The highest BCUT2D eigenvalue weighted by molar-refractivity contribution is 7.98. The molecule has 0 bridgehead atoms. The molecule has 0 unspecified atom stereocenters. The molecule has 0 aliphatic heterocycles. The lowest BCUT2D eigenvalue weighted by molar-refractivity contribution is -0.142. The molecule has 1 aromatic carbocycles. The average Bonchev–Trinajstić information content (AvgIpc) is 2.56. The van der Waals surface area contributed by atoms with Gasteiger partial charge in [0.2, 0.25) is 0 Å². The first-order valence-electron chi connectivity index (χ1n) is 6.67. The van der Waals surface area contributed by atoms with Crippen molar-refractivity contribution in [3.8, 4) is 11.5 Å². The van der Waals surface area contributed by atoms with Crippen LogP contribution < -0.4 is 14.8 Å². The smallest absolute Gasteiger partial charge is 0.328 e. The van der Waals surface area contributed by atoms with E-state index in [0.29, 0.717) is 23.5 Å². The van der Waals surface area contributed by atoms with Crippen molar-refractivity contribution < 1.29 is 23.8 Å². The van der Waals surface area contributed by atoms with Crippen LogP contribution in [0.4, 0.5) is 0 Å². The molecule has 122 valence electrons. The van der Waals surface area contributed by atoms with E-state index in [1.54, 1.807) is 30.0 Å². The largest absolute Gasteiger partial charge is 0.497 e. The first-order valence-corrected chi connectivity index (χ1v) is 8.06. The molecular weight excluding hydrogens is 306 g/mol. The highest BCUT2D eigenvalue weighted by Crippen LogP contribution is 2.24. The zero-order valence-corrected chi connectivity index (χ0v) is 14.0. The van der Waals surface area contributed by atoms with Gasteiger partial charge in [0.15, 0.2) is 0 Å². The van der Waals surface area contributed by atoms with Crippen molar-refractivity contribution in [1.29, 1.82) is 0 Å². The van der Waals surface area contributed by atoms with Gasteiger partial charge in [-0.25, -0.2) is 4.79 Å². The van der Waals surface area contributed by atoms with Crippen LogP contribution in [0, 0.1) is 0 Å². The Hall–Kier alpha value is -1.89. The highest BCUT2D eigenvalue weighted by atomic mass is 32.2. The van der Waals surface area contributed by atoms with E-state index in [2.05, 4.69) is 5.32 Å². The molecule has 22 heavy (non-hydrogen) atoms. The molecule has 0 radical (unpaired) electrons. The first-order chi connectivity index (χ1) is 10.6. The number of benzene rings is 1. The predicted octanol–water partition coefficient (Wildman–Crippen LogP) is 1.73. The lowest BCUT2D eigenvalue weighted by Crippen LogP contribution is -2.42. The van der Waals surface area contributed by atoms with Crippen LogP contribution in [0.1, 0.15) is 16.8 Å². The first kappa shape index (κ1) is 18.2. The molecule has 0 fully saturated rings. The molecule has 0 aliphatic rings. The van der Waals surface area contributed by atoms with E-state index >= 15 is 0 Å². The van der Waals surface area contributed by atoms with Gasteiger partial charge in [-0.15, -0.1) is 0 Å². The molecule has 0 saturated carbocycles. The van der Waals surface area contributed by atoms with Crippen molar-refractivity contribution in [3.63, 3.8) is 0 Å². The van der Waals surface area contributed by atoms with E-state index < -0.39 is 17.9 Å². The number of carbonyl (C=O) groups is 2. The van der Waals surface area contributed by atoms with Crippen LogP contribution >= 0.6 is 11.8 Å². The van der Waals surface area contributed by atoms with Crippen molar-refractivity contribution >= 4 is 23.6 Å². The molecular formula is C15H21NO5S. The van der Waals surface area contributed by atoms with Crippen molar-refractivity contribution in [2.75, 3.05) is 33.3 Å². The molecule has 0 saturated heterocycles. The Morgan fingerprint density at radius 3 is 2.50 bits per heavy atom. The quantitative estimate of drug-likeness (QED) is 0.733. The van der Waals surface area contributed by atoms with Crippen molar-refractivity contribution in [2.24, 2.45) is 0 Å². The Bertz CT molecular complexity index is 521. The maximum Gasteiger partial charge on any atom is 0.328 e. The van der Waals surface area contributed by atoms with Gasteiger partial charge in [-0.2, -0.15) is 11.8 Å². The summed E-state index contributed by atoms with van der Waals surface area (Å²) in [4.78, 5) is 24.2. The fraction of sp³-hybridized carbons (Fsp3) is 0.467. The minimum Gasteiger partial charge on any atom is -0.497 e. The molecule has 1 N–H and O–H groups in total. The Labute approximate surface area is 134 Å². The minimum atomic E-state index is -0.694. The molecule has 1 rings (SSSR count). The molecule has 7 heteroatoms. The summed E-state index contributed by atoms with van der Waals surface area (Å²) in [5, 5.41) is 2.68. The Morgan fingerprint density at radius 2 is 1.95 bits per heavy atom. The van der Waals surface area contributed by atoms with Gasteiger partial charge < -0.3 is 19.5 Å². The van der Waals surface area contributed by atoms with Gasteiger partial charge in [0.05, 0.1) is 26.9 Å². The van der Waals surface area contributed by atoms with E-state index in [9.17, 15) is 9.59 Å². The average molecular weight is 327 g/mol. The van der Waals surface area contributed by atoms with Gasteiger partial charge in [-0.3, -0.25) is 4.79 Å². The molecule has 1 atom stereocenters. The molecule has 0 heterocycles. The number of carbonyl (C=O) groups excluding carboxylic acids is 2. The van der Waals surface area contributed by atoms with E-state index in [1.807, 2.05) is 6.26 Å². The monoisotopic (exact) mass is 327 g/mol. The third-order valence-corrected chi connectivity index (χ3v) is 3.70. The molecule has 1 aromatic rings. The summed E-state index contributed by atoms with van der Waals surface area (Å²) >= 11 is 1.59. The lowest BCUT2D eigenvalue weighted by Gasteiger charge is -2.17. The maximum atomic E-state index is 12.4. The number of thioether (sulfide) groups is 1. The standard InChI is InChI=1S/C15H21NO5S/c1-19-10-5-6-13(20-2)11(9-10)14(17)16-12(7-8-22-4)15(18)21-3/h5-6,9,12H,7-8H2,1-4H3,(H,16,17)/t12-/m0/s1. The third-order valence-electron chi connectivity index (χ3n) is 3.05. The summed E-state index contributed by atoms with van der Waals surface area (Å²) in [6, 6.07) is 4.21. The SMILES string of the molecule is COC(=O)[C@H](CCSC)NC(=O)c1cc(OC)ccc1OC. The van der Waals surface area contributed by atoms with Gasteiger partial charge in [-0.1, -0.05) is 0 Å². The van der Waals surface area contributed by atoms with E-state index in [1.165, 1.54) is 21.3 Å². The number of hydrogen-bond donors (Lipinski definition) is 1. The number of esters is 1.